The summed E-state index contributed by atoms with van der Waals surface area (Å²) in [5.41, 5.74) is 8.50. The SMILES string of the molecule is CC1=CCC[C@H](C)C1c1c(C2CCCCC2)nn(-c2[c-]c(Oc3[c-]c4c(cc3)c3ccccc3n4-c3cc(F)ccn3)ccc2)c1C1CCCCC1.[Pt+2]. The zero-order valence-electron chi connectivity index (χ0n) is 30.7. The second-order valence-corrected chi connectivity index (χ2v) is 15.5. The summed E-state index contributed by atoms with van der Waals surface area (Å²) in [4.78, 5) is 4.52. The summed E-state index contributed by atoms with van der Waals surface area (Å²) in [7, 11) is 0. The standard InChI is InChI=1S/C46H47FN4O.Pt/c1-30-13-11-14-31(2)43(30)44-45(32-15-5-3-6-16-32)49-51(46(44)33-17-7-4-8-18-33)35-19-12-20-36(28-35)52-37-23-24-39-38-21-9-10-22-40(38)50(41(39)29-37)42-27-34(47)25-26-48-42;/h9-10,12-13,19-27,31-33,43H,3-8,11,14-18H2,1-2H3;/q-2;+2/t31-,43?;/m0./s1. The second kappa shape index (κ2) is 15.4. The van der Waals surface area contributed by atoms with Crippen LogP contribution < -0.4 is 4.74 Å². The van der Waals surface area contributed by atoms with Gasteiger partial charge in [0.05, 0.1) is 5.69 Å². The van der Waals surface area contributed by atoms with Crippen LogP contribution in [0, 0.1) is 23.9 Å². The number of benzene rings is 3. The Labute approximate surface area is 326 Å². The molecule has 3 aromatic heterocycles. The van der Waals surface area contributed by atoms with Crippen molar-refractivity contribution < 1.29 is 30.2 Å². The van der Waals surface area contributed by atoms with E-state index < -0.39 is 0 Å². The van der Waals surface area contributed by atoms with E-state index in [4.69, 9.17) is 9.84 Å². The van der Waals surface area contributed by atoms with Crippen molar-refractivity contribution >= 4 is 21.8 Å². The average molecular weight is 886 g/mol. The Kier molecular flexibility index (Phi) is 10.4. The predicted molar refractivity (Wildman–Crippen MR) is 206 cm³/mol. The molecule has 0 spiro atoms. The van der Waals surface area contributed by atoms with Gasteiger partial charge < -0.3 is 9.30 Å². The molecule has 2 fully saturated rings. The quantitative estimate of drug-likeness (QED) is 0.119. The maximum absolute atomic E-state index is 14.4. The Morgan fingerprint density at radius 1 is 0.792 bits per heavy atom. The van der Waals surface area contributed by atoms with Gasteiger partial charge in [-0.25, -0.2) is 9.37 Å². The normalized spacial score (nSPS) is 20.0. The predicted octanol–water partition coefficient (Wildman–Crippen LogP) is 12.4. The summed E-state index contributed by atoms with van der Waals surface area (Å²) < 4.78 is 25.2. The molecule has 0 aliphatic heterocycles. The summed E-state index contributed by atoms with van der Waals surface area (Å²) in [5, 5.41) is 7.70. The molecule has 0 amide bonds. The first-order valence-electron chi connectivity index (χ1n) is 19.6. The molecular weight excluding hydrogens is 839 g/mol. The zero-order chi connectivity index (χ0) is 35.2. The van der Waals surface area contributed by atoms with Crippen molar-refractivity contribution in [3.63, 3.8) is 0 Å². The van der Waals surface area contributed by atoms with Crippen molar-refractivity contribution in [1.82, 2.24) is 19.3 Å². The van der Waals surface area contributed by atoms with E-state index in [0.717, 1.165) is 27.5 Å². The molecule has 2 saturated carbocycles. The van der Waals surface area contributed by atoms with Gasteiger partial charge in [0.25, 0.3) is 0 Å². The molecule has 2 atom stereocenters. The van der Waals surface area contributed by atoms with Gasteiger partial charge in [-0.05, 0) is 74.6 Å². The molecule has 7 heteroatoms. The van der Waals surface area contributed by atoms with Crippen molar-refractivity contribution in [2.75, 3.05) is 0 Å². The van der Waals surface area contributed by atoms with Crippen LogP contribution in [0.5, 0.6) is 11.5 Å². The van der Waals surface area contributed by atoms with E-state index in [1.807, 2.05) is 34.9 Å². The Hall–Kier alpha value is -4.02. The number of nitrogens with zero attached hydrogens (tertiary/aromatic N) is 4. The first-order chi connectivity index (χ1) is 25.5. The number of hydrogen-bond donors (Lipinski definition) is 0. The van der Waals surface area contributed by atoms with Crippen molar-refractivity contribution in [3.8, 4) is 23.0 Å². The van der Waals surface area contributed by atoms with Crippen molar-refractivity contribution in [3.05, 3.63) is 119 Å². The number of aromatic nitrogens is 4. The summed E-state index contributed by atoms with van der Waals surface area (Å²) in [6.45, 7) is 4.83. The van der Waals surface area contributed by atoms with Gasteiger partial charge in [-0.3, -0.25) is 4.68 Å². The molecule has 0 N–H and O–H groups in total. The molecule has 0 bridgehead atoms. The second-order valence-electron chi connectivity index (χ2n) is 15.5. The molecule has 0 radical (unpaired) electrons. The van der Waals surface area contributed by atoms with Gasteiger partial charge in [0.15, 0.2) is 0 Å². The molecule has 3 aromatic carbocycles. The van der Waals surface area contributed by atoms with Crippen LogP contribution in [0.3, 0.4) is 0 Å². The summed E-state index contributed by atoms with van der Waals surface area (Å²) >= 11 is 0. The number of para-hydroxylation sites is 1. The van der Waals surface area contributed by atoms with E-state index >= 15 is 0 Å². The maximum atomic E-state index is 14.4. The van der Waals surface area contributed by atoms with Crippen LogP contribution >= 0.6 is 0 Å². The van der Waals surface area contributed by atoms with Gasteiger partial charge >= 0.3 is 21.1 Å². The fraction of sp³-hybridized carbons (Fsp3) is 0.391. The summed E-state index contributed by atoms with van der Waals surface area (Å²) in [6.07, 6.45) is 19.0. The molecule has 6 aromatic rings. The minimum Gasteiger partial charge on any atom is -0.509 e. The first kappa shape index (κ1) is 36.0. The summed E-state index contributed by atoms with van der Waals surface area (Å²) in [6, 6.07) is 28.3. The largest absolute Gasteiger partial charge is 2.00 e. The van der Waals surface area contributed by atoms with Crippen LogP contribution in [0.2, 0.25) is 0 Å². The Morgan fingerprint density at radius 2 is 1.55 bits per heavy atom. The number of pyridine rings is 1. The topological polar surface area (TPSA) is 44.9 Å². The molecule has 3 aliphatic rings. The molecule has 5 nitrogen and oxygen atoms in total. The molecule has 274 valence electrons. The monoisotopic (exact) mass is 885 g/mol. The molecule has 3 heterocycles. The van der Waals surface area contributed by atoms with Gasteiger partial charge in [0, 0.05) is 58.3 Å². The number of fused-ring (bicyclic) bond motifs is 3. The Bertz CT molecular complexity index is 2270. The van der Waals surface area contributed by atoms with E-state index in [2.05, 4.69) is 66.0 Å². The van der Waals surface area contributed by atoms with Crippen LogP contribution in [-0.2, 0) is 21.1 Å². The molecule has 53 heavy (non-hydrogen) atoms. The summed E-state index contributed by atoms with van der Waals surface area (Å²) in [5.74, 6) is 3.36. The third-order valence-corrected chi connectivity index (χ3v) is 12.1. The minimum absolute atomic E-state index is 0. The molecule has 3 aliphatic carbocycles. The third kappa shape index (κ3) is 6.82. The van der Waals surface area contributed by atoms with Crippen LogP contribution in [0.25, 0.3) is 33.3 Å². The van der Waals surface area contributed by atoms with Crippen LogP contribution in [0.15, 0.2) is 84.6 Å². The molecular formula is C46H47FN4OPt. The van der Waals surface area contributed by atoms with Crippen molar-refractivity contribution in [1.29, 1.82) is 0 Å². The first-order valence-corrected chi connectivity index (χ1v) is 19.6. The van der Waals surface area contributed by atoms with Crippen LogP contribution in [0.4, 0.5) is 4.39 Å². The zero-order valence-corrected chi connectivity index (χ0v) is 33.0. The fourth-order valence-corrected chi connectivity index (χ4v) is 9.66. The van der Waals surface area contributed by atoms with Gasteiger partial charge in [-0.1, -0.05) is 80.8 Å². The van der Waals surface area contributed by atoms with Crippen molar-refractivity contribution in [2.45, 2.75) is 109 Å². The molecule has 0 saturated heterocycles. The Morgan fingerprint density at radius 3 is 2.32 bits per heavy atom. The van der Waals surface area contributed by atoms with E-state index in [0.29, 0.717) is 41.0 Å². The van der Waals surface area contributed by atoms with E-state index in [1.54, 1.807) is 0 Å². The fourth-order valence-electron chi connectivity index (χ4n) is 9.66. The Balaban J connectivity index is 0.00000400. The van der Waals surface area contributed by atoms with Gasteiger partial charge in [-0.15, -0.1) is 35.7 Å². The molecule has 9 rings (SSSR count). The number of allylic oxidation sites excluding steroid dienone is 2. The van der Waals surface area contributed by atoms with E-state index in [-0.39, 0.29) is 26.9 Å². The smallest absolute Gasteiger partial charge is 0.509 e. The minimum atomic E-state index is -0.333. The molecule has 1 unspecified atom stereocenters. The van der Waals surface area contributed by atoms with Crippen LogP contribution in [0.1, 0.15) is 126 Å². The van der Waals surface area contributed by atoms with Gasteiger partial charge in [0.1, 0.15) is 11.6 Å². The van der Waals surface area contributed by atoms with Crippen LogP contribution in [-0.4, -0.2) is 19.3 Å². The number of rotatable bonds is 7. The van der Waals surface area contributed by atoms with E-state index in [9.17, 15) is 4.39 Å². The number of hydrogen-bond acceptors (Lipinski definition) is 3. The third-order valence-electron chi connectivity index (χ3n) is 12.1. The maximum Gasteiger partial charge on any atom is 2.00 e. The van der Waals surface area contributed by atoms with Crippen molar-refractivity contribution in [2.24, 2.45) is 5.92 Å². The van der Waals surface area contributed by atoms with E-state index in [1.165, 1.54) is 118 Å². The number of ether oxygens (including phenoxy) is 1. The number of halogens is 1. The van der Waals surface area contributed by atoms with Gasteiger partial charge in [-0.2, -0.15) is 17.2 Å². The average Bonchev–Trinajstić information content (AvgIpc) is 3.72. The van der Waals surface area contributed by atoms with Gasteiger partial charge in [0.2, 0.25) is 0 Å².